The molecule has 2 aromatic rings. The highest BCUT2D eigenvalue weighted by molar-refractivity contribution is 6.44. The standard InChI is InChI=1S/C19H21N3O4/c1-4-10-21-17(23)18(24)22(19(21)25)12-20(3)11-14-13-8-6-7-9-16(13)26-15(14)5-2/h4,6-9H,1,5,10-12H2,2-3H3/p+1. The molecule has 4 amide bonds. The Bertz CT molecular complexity index is 886. The molecular formula is C19H22N3O4+. The minimum absolute atomic E-state index is 0.0330. The van der Waals surface area contributed by atoms with Crippen molar-refractivity contribution in [1.82, 2.24) is 9.80 Å². The fraction of sp³-hybridized carbons (Fsp3) is 0.316. The van der Waals surface area contributed by atoms with Crippen LogP contribution in [0.4, 0.5) is 4.79 Å². The molecule has 136 valence electrons. The third-order valence-corrected chi connectivity index (χ3v) is 4.46. The number of imide groups is 2. The number of hydrogen-bond donors (Lipinski definition) is 1. The Labute approximate surface area is 151 Å². The highest BCUT2D eigenvalue weighted by Gasteiger charge is 2.45. The van der Waals surface area contributed by atoms with Crippen LogP contribution in [0.3, 0.4) is 0 Å². The summed E-state index contributed by atoms with van der Waals surface area (Å²) in [5.41, 5.74) is 1.89. The normalized spacial score (nSPS) is 16.0. The first kappa shape index (κ1) is 17.9. The van der Waals surface area contributed by atoms with Crippen LogP contribution in [-0.4, -0.2) is 47.9 Å². The van der Waals surface area contributed by atoms with Crippen molar-refractivity contribution < 1.29 is 23.7 Å². The summed E-state index contributed by atoms with van der Waals surface area (Å²) in [7, 11) is 1.88. The maximum Gasteiger partial charge on any atom is 0.339 e. The van der Waals surface area contributed by atoms with Crippen molar-refractivity contribution >= 4 is 28.8 Å². The molecule has 1 aromatic heterocycles. The Balaban J connectivity index is 1.78. The van der Waals surface area contributed by atoms with Crippen LogP contribution in [0.5, 0.6) is 0 Å². The van der Waals surface area contributed by atoms with E-state index in [9.17, 15) is 14.4 Å². The molecule has 3 rings (SSSR count). The van der Waals surface area contributed by atoms with Crippen LogP contribution < -0.4 is 4.90 Å². The molecule has 1 N–H and O–H groups in total. The van der Waals surface area contributed by atoms with Gasteiger partial charge in [0.25, 0.3) is 0 Å². The molecule has 1 fully saturated rings. The maximum atomic E-state index is 12.3. The number of quaternary nitrogens is 1. The molecule has 0 aliphatic carbocycles. The van der Waals surface area contributed by atoms with Crippen LogP contribution in [0.1, 0.15) is 18.2 Å². The van der Waals surface area contributed by atoms with Crippen LogP contribution in [0, 0.1) is 0 Å². The highest BCUT2D eigenvalue weighted by Crippen LogP contribution is 2.25. The summed E-state index contributed by atoms with van der Waals surface area (Å²) in [6.45, 7) is 6.25. The van der Waals surface area contributed by atoms with Gasteiger partial charge in [-0.1, -0.05) is 31.2 Å². The number of aryl methyl sites for hydroxylation is 1. The number of hydrogen-bond acceptors (Lipinski definition) is 4. The van der Waals surface area contributed by atoms with E-state index in [1.165, 1.54) is 6.08 Å². The number of amides is 4. The van der Waals surface area contributed by atoms with Gasteiger partial charge in [0.05, 0.1) is 12.6 Å². The van der Waals surface area contributed by atoms with Gasteiger partial charge in [-0.15, -0.1) is 6.58 Å². The van der Waals surface area contributed by atoms with Gasteiger partial charge in [-0.2, -0.15) is 0 Å². The zero-order valence-electron chi connectivity index (χ0n) is 14.9. The fourth-order valence-corrected chi connectivity index (χ4v) is 3.24. The van der Waals surface area contributed by atoms with Gasteiger partial charge in [-0.25, -0.2) is 9.69 Å². The van der Waals surface area contributed by atoms with Crippen molar-refractivity contribution in [1.29, 1.82) is 0 Å². The first-order chi connectivity index (χ1) is 12.5. The van der Waals surface area contributed by atoms with Crippen LogP contribution in [-0.2, 0) is 22.6 Å². The number of nitrogens with zero attached hydrogens (tertiary/aromatic N) is 2. The van der Waals surface area contributed by atoms with E-state index in [1.807, 2.05) is 38.2 Å². The van der Waals surface area contributed by atoms with E-state index in [-0.39, 0.29) is 13.2 Å². The third kappa shape index (κ3) is 3.01. The number of nitrogens with one attached hydrogen (secondary N) is 1. The van der Waals surface area contributed by atoms with Crippen molar-refractivity contribution in [3.05, 3.63) is 48.2 Å². The molecule has 0 spiro atoms. The van der Waals surface area contributed by atoms with Crippen LogP contribution in [0.25, 0.3) is 11.0 Å². The van der Waals surface area contributed by atoms with E-state index >= 15 is 0 Å². The van der Waals surface area contributed by atoms with E-state index < -0.39 is 17.8 Å². The molecule has 1 unspecified atom stereocenters. The smallest absolute Gasteiger partial charge is 0.339 e. The molecule has 2 heterocycles. The molecular weight excluding hydrogens is 334 g/mol. The molecule has 7 heteroatoms. The monoisotopic (exact) mass is 356 g/mol. The molecule has 1 aromatic carbocycles. The number of furan rings is 1. The number of carbonyl (C=O) groups excluding carboxylic acids is 3. The van der Waals surface area contributed by atoms with E-state index in [0.717, 1.165) is 43.4 Å². The van der Waals surface area contributed by atoms with Gasteiger partial charge in [0.1, 0.15) is 17.9 Å². The molecule has 0 bridgehead atoms. The number of benzene rings is 1. The number of rotatable bonds is 7. The molecule has 0 saturated carbocycles. The average molecular weight is 356 g/mol. The van der Waals surface area contributed by atoms with Crippen LogP contribution >= 0.6 is 0 Å². The molecule has 1 saturated heterocycles. The first-order valence-corrected chi connectivity index (χ1v) is 8.56. The van der Waals surface area contributed by atoms with Gasteiger partial charge >= 0.3 is 17.8 Å². The molecule has 7 nitrogen and oxygen atoms in total. The molecule has 0 radical (unpaired) electrons. The van der Waals surface area contributed by atoms with Crippen molar-refractivity contribution in [2.45, 2.75) is 19.9 Å². The lowest BCUT2D eigenvalue weighted by Gasteiger charge is -2.19. The summed E-state index contributed by atoms with van der Waals surface area (Å²) in [6.07, 6.45) is 2.18. The maximum absolute atomic E-state index is 12.3. The second kappa shape index (κ2) is 7.13. The van der Waals surface area contributed by atoms with Gasteiger partial charge in [0.15, 0.2) is 6.67 Å². The predicted octanol–water partition coefficient (Wildman–Crippen LogP) is 0.944. The number of fused-ring (bicyclic) bond motifs is 1. The lowest BCUT2D eigenvalue weighted by Crippen LogP contribution is -3.09. The SMILES string of the molecule is C=CCN1C(=O)C(=O)N(C[NH+](C)Cc2c(CC)oc3ccccc23)C1=O. The third-order valence-electron chi connectivity index (χ3n) is 4.46. The van der Waals surface area contributed by atoms with Crippen molar-refractivity contribution in [3.63, 3.8) is 0 Å². The summed E-state index contributed by atoms with van der Waals surface area (Å²) in [6, 6.07) is 7.21. The Hall–Kier alpha value is -2.93. The minimum Gasteiger partial charge on any atom is -0.461 e. The van der Waals surface area contributed by atoms with E-state index in [2.05, 4.69) is 6.58 Å². The lowest BCUT2D eigenvalue weighted by atomic mass is 10.1. The summed E-state index contributed by atoms with van der Waals surface area (Å²) in [5, 5.41) is 1.03. The van der Waals surface area contributed by atoms with Crippen LogP contribution in [0.2, 0.25) is 0 Å². The zero-order valence-corrected chi connectivity index (χ0v) is 14.9. The van der Waals surface area contributed by atoms with Crippen molar-refractivity contribution in [2.75, 3.05) is 20.3 Å². The molecule has 26 heavy (non-hydrogen) atoms. The minimum atomic E-state index is -0.800. The quantitative estimate of drug-likeness (QED) is 0.455. The number of carbonyl (C=O) groups is 3. The van der Waals surface area contributed by atoms with E-state index in [4.69, 9.17) is 4.42 Å². The Kier molecular flexibility index (Phi) is 4.90. The van der Waals surface area contributed by atoms with Crippen molar-refractivity contribution in [2.24, 2.45) is 0 Å². The number of para-hydroxylation sites is 1. The summed E-state index contributed by atoms with van der Waals surface area (Å²) in [5.74, 6) is -0.691. The molecule has 1 aliphatic heterocycles. The number of urea groups is 1. The molecule has 1 aliphatic rings. The summed E-state index contributed by atoms with van der Waals surface area (Å²) >= 11 is 0. The first-order valence-electron chi connectivity index (χ1n) is 8.56. The summed E-state index contributed by atoms with van der Waals surface area (Å²) < 4.78 is 5.89. The van der Waals surface area contributed by atoms with Gasteiger partial charge in [0, 0.05) is 18.4 Å². The van der Waals surface area contributed by atoms with Gasteiger partial charge < -0.3 is 9.32 Å². The zero-order chi connectivity index (χ0) is 18.8. The van der Waals surface area contributed by atoms with Crippen LogP contribution in [0.15, 0.2) is 41.3 Å². The Morgan fingerprint density at radius 2 is 1.85 bits per heavy atom. The second-order valence-electron chi connectivity index (χ2n) is 6.37. The van der Waals surface area contributed by atoms with Gasteiger partial charge in [-0.05, 0) is 6.07 Å². The van der Waals surface area contributed by atoms with E-state index in [0.29, 0.717) is 6.54 Å². The second-order valence-corrected chi connectivity index (χ2v) is 6.37. The Morgan fingerprint density at radius 1 is 1.15 bits per heavy atom. The average Bonchev–Trinajstić information content (AvgIpc) is 3.08. The van der Waals surface area contributed by atoms with Gasteiger partial charge in [0.2, 0.25) is 0 Å². The largest absolute Gasteiger partial charge is 0.461 e. The van der Waals surface area contributed by atoms with Gasteiger partial charge in [-0.3, -0.25) is 14.5 Å². The summed E-state index contributed by atoms with van der Waals surface area (Å²) in [4.78, 5) is 39.2. The topological polar surface area (TPSA) is 75.3 Å². The Morgan fingerprint density at radius 3 is 2.54 bits per heavy atom. The lowest BCUT2D eigenvalue weighted by molar-refractivity contribution is -0.901. The van der Waals surface area contributed by atoms with Crippen molar-refractivity contribution in [3.8, 4) is 0 Å². The molecule has 1 atom stereocenters. The fourth-order valence-electron chi connectivity index (χ4n) is 3.24. The van der Waals surface area contributed by atoms with E-state index in [1.54, 1.807) is 0 Å². The highest BCUT2D eigenvalue weighted by atomic mass is 16.3. The predicted molar refractivity (Wildman–Crippen MR) is 95.2 cm³/mol.